The maximum Gasteiger partial charge on any atom is 0.391 e. The minimum absolute atomic E-state index is 0.116. The summed E-state index contributed by atoms with van der Waals surface area (Å²) in [6.07, 6.45) is -3.91. The molecule has 2 bridgehead atoms. The molecular formula is C26H31F3N6O5. The quantitative estimate of drug-likeness (QED) is 0.494. The van der Waals surface area contributed by atoms with Gasteiger partial charge in [-0.3, -0.25) is 15.0 Å². The van der Waals surface area contributed by atoms with Gasteiger partial charge >= 0.3 is 12.2 Å². The van der Waals surface area contributed by atoms with E-state index in [1.165, 1.54) is 11.0 Å². The van der Waals surface area contributed by atoms with Gasteiger partial charge in [0.15, 0.2) is 23.2 Å². The van der Waals surface area contributed by atoms with Gasteiger partial charge in [0.1, 0.15) is 18.4 Å². The van der Waals surface area contributed by atoms with Crippen molar-refractivity contribution in [3.05, 3.63) is 30.0 Å². The molecule has 3 aliphatic rings. The fourth-order valence-corrected chi connectivity index (χ4v) is 5.00. The van der Waals surface area contributed by atoms with Gasteiger partial charge in [-0.1, -0.05) is 6.92 Å². The van der Waals surface area contributed by atoms with E-state index in [1.54, 1.807) is 18.2 Å². The molecule has 2 saturated heterocycles. The molecule has 3 atom stereocenters. The summed E-state index contributed by atoms with van der Waals surface area (Å²) in [6, 6.07) is 5.40. The molecule has 0 unspecified atom stereocenters. The predicted octanol–water partition coefficient (Wildman–Crippen LogP) is 4.19. The van der Waals surface area contributed by atoms with Crippen molar-refractivity contribution in [3.63, 3.8) is 0 Å². The van der Waals surface area contributed by atoms with Crippen LogP contribution in [-0.4, -0.2) is 77.4 Å². The largest absolute Gasteiger partial charge is 0.474 e. The number of anilines is 3. The maximum atomic E-state index is 13.5. The number of halogens is 3. The molecule has 2 amide bonds. The highest BCUT2D eigenvalue weighted by Gasteiger charge is 2.40. The lowest BCUT2D eigenvalue weighted by atomic mass is 9.98. The minimum atomic E-state index is -4.49. The minimum Gasteiger partial charge on any atom is -0.474 e. The number of piperidine rings is 1. The van der Waals surface area contributed by atoms with Crippen molar-refractivity contribution >= 4 is 29.1 Å². The number of nitrogens with zero attached hydrogens (tertiary/aromatic N) is 5. The van der Waals surface area contributed by atoms with Crippen molar-refractivity contribution in [2.75, 3.05) is 41.4 Å². The van der Waals surface area contributed by atoms with Crippen molar-refractivity contribution < 1.29 is 37.0 Å². The second-order valence-corrected chi connectivity index (χ2v) is 10.7. The fourth-order valence-electron chi connectivity index (χ4n) is 5.00. The van der Waals surface area contributed by atoms with E-state index >= 15 is 0 Å². The number of nitrogens with one attached hydrogen (secondary N) is 1. The highest BCUT2D eigenvalue weighted by molar-refractivity contribution is 6.05. The number of rotatable bonds is 7. The number of Topliss-reactive ketones (excluding diaryl/α,β-unsaturated/α-hetero) is 1. The van der Waals surface area contributed by atoms with Crippen molar-refractivity contribution in [2.45, 2.75) is 64.1 Å². The number of pyridine rings is 1. The Balaban J connectivity index is 1.29. The number of ether oxygens (including phenoxy) is 3. The number of amides is 2. The van der Waals surface area contributed by atoms with Gasteiger partial charge in [0, 0.05) is 25.6 Å². The van der Waals surface area contributed by atoms with Gasteiger partial charge in [0.05, 0.1) is 24.3 Å². The lowest BCUT2D eigenvalue weighted by Crippen LogP contribution is -2.56. The summed E-state index contributed by atoms with van der Waals surface area (Å²) in [5.74, 6) is -2.57. The number of ketones is 1. The van der Waals surface area contributed by atoms with Gasteiger partial charge in [-0.15, -0.1) is 10.2 Å². The van der Waals surface area contributed by atoms with Crippen LogP contribution in [0.5, 0.6) is 5.88 Å². The zero-order valence-electron chi connectivity index (χ0n) is 22.4. The molecule has 2 aromatic rings. The van der Waals surface area contributed by atoms with Crippen LogP contribution in [0, 0.1) is 5.92 Å². The number of hydrogen-bond acceptors (Lipinski definition) is 9. The summed E-state index contributed by atoms with van der Waals surface area (Å²) in [7, 11) is 0. The zero-order chi connectivity index (χ0) is 28.7. The van der Waals surface area contributed by atoms with Crippen LogP contribution >= 0.6 is 0 Å². The topological polar surface area (TPSA) is 119 Å². The summed E-state index contributed by atoms with van der Waals surface area (Å²) in [4.78, 5) is 34.0. The molecule has 0 aliphatic carbocycles. The third-order valence-corrected chi connectivity index (χ3v) is 7.10. The summed E-state index contributed by atoms with van der Waals surface area (Å²) in [5, 5.41) is 10.7. The average Bonchev–Trinajstić information content (AvgIpc) is 3.26. The van der Waals surface area contributed by atoms with E-state index in [9.17, 15) is 22.8 Å². The Morgan fingerprint density at radius 3 is 2.70 bits per heavy atom. The molecule has 5 rings (SSSR count). The fraction of sp³-hybridized carbons (Fsp3) is 0.577. The summed E-state index contributed by atoms with van der Waals surface area (Å²) in [6.45, 7) is 6.54. The third kappa shape index (κ3) is 6.12. The maximum absolute atomic E-state index is 13.5. The molecule has 5 heterocycles. The Hall–Kier alpha value is -3.52. The number of carbonyl (C=O) groups excluding carboxylic acids is 2. The van der Waals surface area contributed by atoms with Gasteiger partial charge in [-0.2, -0.15) is 13.2 Å². The molecule has 0 saturated carbocycles. The van der Waals surface area contributed by atoms with Gasteiger partial charge in [-0.05, 0) is 44.9 Å². The summed E-state index contributed by atoms with van der Waals surface area (Å²) < 4.78 is 55.9. The molecule has 1 N–H and O–H groups in total. The predicted molar refractivity (Wildman–Crippen MR) is 138 cm³/mol. The summed E-state index contributed by atoms with van der Waals surface area (Å²) in [5.41, 5.74) is 0.526. The standard InChI is InChI=1S/C26H31F3N6O5/c1-15(26(27,28)29)11-20(36)18-6-7-19-23(30-18)35(16-5-4-10-34(19)12-16)24(37)31-21-8-9-22(33-32-21)38-13-17-14-39-25(2,3)40-17/h6-9,15-17H,4-5,10-14H2,1-3H3,(H,31,32,37)/t15-,16-,17-/m0/s1. The van der Waals surface area contributed by atoms with Gasteiger partial charge in [0.25, 0.3) is 0 Å². The van der Waals surface area contributed by atoms with Crippen molar-refractivity contribution in [2.24, 2.45) is 5.92 Å². The molecule has 216 valence electrons. The lowest BCUT2D eigenvalue weighted by molar-refractivity contribution is -0.168. The Morgan fingerprint density at radius 1 is 1.23 bits per heavy atom. The normalized spacial score (nSPS) is 22.4. The Labute approximate surface area is 229 Å². The van der Waals surface area contributed by atoms with Gasteiger partial charge < -0.3 is 19.1 Å². The smallest absolute Gasteiger partial charge is 0.391 e. The molecule has 11 nitrogen and oxygen atoms in total. The first-order valence-corrected chi connectivity index (χ1v) is 13.1. The molecular weight excluding hydrogens is 533 g/mol. The Morgan fingerprint density at radius 2 is 2.02 bits per heavy atom. The monoisotopic (exact) mass is 564 g/mol. The van der Waals surface area contributed by atoms with Crippen molar-refractivity contribution in [1.82, 2.24) is 15.2 Å². The van der Waals surface area contributed by atoms with Crippen LogP contribution in [0.2, 0.25) is 0 Å². The molecule has 40 heavy (non-hydrogen) atoms. The highest BCUT2D eigenvalue weighted by atomic mass is 19.4. The van der Waals surface area contributed by atoms with E-state index in [0.29, 0.717) is 25.3 Å². The number of urea groups is 1. The zero-order valence-corrected chi connectivity index (χ0v) is 22.4. The van der Waals surface area contributed by atoms with Crippen LogP contribution in [0.15, 0.2) is 24.3 Å². The highest BCUT2D eigenvalue weighted by Crippen LogP contribution is 2.39. The molecule has 0 aromatic carbocycles. The number of alkyl halides is 3. The second kappa shape index (κ2) is 10.8. The van der Waals surface area contributed by atoms with Crippen LogP contribution < -0.4 is 19.9 Å². The molecule has 2 fully saturated rings. The van der Waals surface area contributed by atoms with Crippen LogP contribution in [0.1, 0.15) is 50.5 Å². The number of aromatic nitrogens is 3. The first-order chi connectivity index (χ1) is 18.9. The van der Waals surface area contributed by atoms with E-state index in [-0.39, 0.29) is 42.0 Å². The van der Waals surface area contributed by atoms with E-state index in [1.807, 2.05) is 13.8 Å². The van der Waals surface area contributed by atoms with Gasteiger partial charge in [-0.25, -0.2) is 9.78 Å². The third-order valence-electron chi connectivity index (χ3n) is 7.10. The van der Waals surface area contributed by atoms with Crippen LogP contribution in [0.25, 0.3) is 0 Å². The van der Waals surface area contributed by atoms with Crippen LogP contribution in [0.4, 0.5) is 35.3 Å². The van der Waals surface area contributed by atoms with Crippen LogP contribution in [0.3, 0.4) is 0 Å². The van der Waals surface area contributed by atoms with E-state index in [0.717, 1.165) is 19.9 Å². The Bertz CT molecular complexity index is 1260. The first kappa shape index (κ1) is 28.0. The lowest BCUT2D eigenvalue weighted by Gasteiger charge is -2.45. The molecule has 0 radical (unpaired) electrons. The number of carbonyl (C=O) groups is 2. The number of hydrogen-bond donors (Lipinski definition) is 1. The Kier molecular flexibility index (Phi) is 7.57. The molecule has 2 aromatic heterocycles. The molecule has 3 aliphatic heterocycles. The number of fused-ring (bicyclic) bond motifs is 4. The van der Waals surface area contributed by atoms with Crippen LogP contribution in [-0.2, 0) is 9.47 Å². The van der Waals surface area contributed by atoms with E-state index in [2.05, 4.69) is 25.4 Å². The van der Waals surface area contributed by atoms with E-state index < -0.39 is 36.1 Å². The molecule has 0 spiro atoms. The second-order valence-electron chi connectivity index (χ2n) is 10.7. The average molecular weight is 565 g/mol. The first-order valence-electron chi connectivity index (χ1n) is 13.1. The summed E-state index contributed by atoms with van der Waals surface area (Å²) >= 11 is 0. The van der Waals surface area contributed by atoms with Crippen molar-refractivity contribution in [3.8, 4) is 5.88 Å². The van der Waals surface area contributed by atoms with E-state index in [4.69, 9.17) is 14.2 Å². The van der Waals surface area contributed by atoms with Gasteiger partial charge in [0.2, 0.25) is 5.88 Å². The van der Waals surface area contributed by atoms with Crippen molar-refractivity contribution in [1.29, 1.82) is 0 Å². The molecule has 14 heteroatoms. The SMILES string of the molecule is C[C@@H](CC(=O)c1ccc2c(n1)N(C(=O)Nc1ccc(OC[C@H]3COC(C)(C)O3)nn1)[C@H]1CCCN2C1)C(F)(F)F.